The van der Waals surface area contributed by atoms with Gasteiger partial charge in [-0.05, 0) is 43.2 Å². The zero-order chi connectivity index (χ0) is 18.3. The summed E-state index contributed by atoms with van der Waals surface area (Å²) in [6.45, 7) is 0. The Labute approximate surface area is 153 Å². The Morgan fingerprint density at radius 2 is 0.667 bits per heavy atom. The Bertz CT molecular complexity index is 519. The van der Waals surface area contributed by atoms with E-state index in [4.69, 9.17) is 0 Å². The molecule has 0 amide bonds. The molecular formula is C12H12O8S4. The van der Waals surface area contributed by atoms with Gasteiger partial charge in [-0.2, -0.15) is 0 Å². The van der Waals surface area contributed by atoms with E-state index in [0.29, 0.717) is 0 Å². The van der Waals surface area contributed by atoms with E-state index in [1.165, 1.54) is 0 Å². The lowest BCUT2D eigenvalue weighted by Crippen LogP contribution is -2.14. The first-order valence-electron chi connectivity index (χ1n) is 5.92. The van der Waals surface area contributed by atoms with Crippen molar-refractivity contribution in [3.05, 3.63) is 19.6 Å². The molecule has 1 aliphatic heterocycles. The molecule has 12 heteroatoms. The van der Waals surface area contributed by atoms with Crippen molar-refractivity contribution in [3.63, 3.8) is 0 Å². The van der Waals surface area contributed by atoms with Gasteiger partial charge in [0.05, 0.1) is 28.4 Å². The van der Waals surface area contributed by atoms with Gasteiger partial charge in [-0.3, -0.25) is 0 Å². The summed E-state index contributed by atoms with van der Waals surface area (Å²) >= 11 is 0. The fourth-order valence-electron chi connectivity index (χ4n) is 1.20. The van der Waals surface area contributed by atoms with Crippen molar-refractivity contribution in [1.29, 1.82) is 0 Å². The Hall–Kier alpha value is -1.24. The second kappa shape index (κ2) is 9.91. The number of carbonyl (C=O) groups excluding carboxylic acids is 4. The lowest BCUT2D eigenvalue weighted by molar-refractivity contribution is -0.138. The van der Waals surface area contributed by atoms with Crippen LogP contribution in [-0.4, -0.2) is 52.3 Å². The number of esters is 4. The third kappa shape index (κ3) is 4.88. The molecule has 0 saturated carbocycles. The van der Waals surface area contributed by atoms with Crippen LogP contribution < -0.4 is 0 Å². The van der Waals surface area contributed by atoms with Gasteiger partial charge in [0.15, 0.2) is 0 Å². The van der Waals surface area contributed by atoms with Crippen molar-refractivity contribution in [1.82, 2.24) is 0 Å². The second-order valence-electron chi connectivity index (χ2n) is 3.62. The molecule has 0 radical (unpaired) electrons. The van der Waals surface area contributed by atoms with Crippen LogP contribution in [0, 0.1) is 0 Å². The van der Waals surface area contributed by atoms with E-state index in [1.54, 1.807) is 0 Å². The summed E-state index contributed by atoms with van der Waals surface area (Å²) in [5.74, 6) is -3.09. The minimum Gasteiger partial charge on any atom is -0.465 e. The standard InChI is InChI=1S/C12H12O8S4/c1-17-9(13)5-6(10(14)18-2)22-24-8(12(16)20-4)7(23-21-5)11(15)19-3/h1-4H3/b6-5-,8-7-. The van der Waals surface area contributed by atoms with E-state index in [-0.39, 0.29) is 19.6 Å². The maximum atomic E-state index is 11.9. The number of carbonyl (C=O) groups is 4. The Kier molecular flexibility index (Phi) is 8.59. The predicted octanol–water partition coefficient (Wildman–Crippen LogP) is 1.88. The van der Waals surface area contributed by atoms with E-state index in [1.807, 2.05) is 0 Å². The summed E-state index contributed by atoms with van der Waals surface area (Å²) < 4.78 is 18.6. The van der Waals surface area contributed by atoms with Gasteiger partial charge in [-0.15, -0.1) is 0 Å². The fraction of sp³-hybridized carbons (Fsp3) is 0.333. The molecule has 0 aromatic carbocycles. The number of rotatable bonds is 4. The Morgan fingerprint density at radius 1 is 0.500 bits per heavy atom. The van der Waals surface area contributed by atoms with Gasteiger partial charge in [0.25, 0.3) is 0 Å². The van der Waals surface area contributed by atoms with Gasteiger partial charge in [0.1, 0.15) is 19.6 Å². The summed E-state index contributed by atoms with van der Waals surface area (Å²) in [5.41, 5.74) is 0. The Balaban J connectivity index is 3.35. The molecule has 0 aromatic rings. The zero-order valence-corrected chi connectivity index (χ0v) is 16.2. The first kappa shape index (κ1) is 20.8. The summed E-state index contributed by atoms with van der Waals surface area (Å²) in [5, 5.41) is 0. The van der Waals surface area contributed by atoms with Crippen LogP contribution in [0.15, 0.2) is 19.6 Å². The fourth-order valence-corrected chi connectivity index (χ4v) is 6.72. The van der Waals surface area contributed by atoms with Gasteiger partial charge in [-0.1, -0.05) is 0 Å². The van der Waals surface area contributed by atoms with Crippen molar-refractivity contribution in [3.8, 4) is 0 Å². The highest BCUT2D eigenvalue weighted by Gasteiger charge is 2.33. The zero-order valence-electron chi connectivity index (χ0n) is 12.9. The molecule has 0 fully saturated rings. The van der Waals surface area contributed by atoms with Gasteiger partial charge in [-0.25, -0.2) is 19.2 Å². The molecule has 1 heterocycles. The molecule has 0 unspecified atom stereocenters. The van der Waals surface area contributed by atoms with Crippen molar-refractivity contribution in [2.75, 3.05) is 28.4 Å². The number of hydrogen-bond acceptors (Lipinski definition) is 12. The molecule has 0 atom stereocenters. The highest BCUT2D eigenvalue weighted by molar-refractivity contribution is 8.83. The first-order chi connectivity index (χ1) is 11.4. The average molecular weight is 412 g/mol. The van der Waals surface area contributed by atoms with E-state index >= 15 is 0 Å². The minimum absolute atomic E-state index is 0.0582. The summed E-state index contributed by atoms with van der Waals surface area (Å²) in [4.78, 5) is 47.4. The lowest BCUT2D eigenvalue weighted by Gasteiger charge is -2.16. The predicted molar refractivity (Wildman–Crippen MR) is 92.5 cm³/mol. The molecule has 1 rings (SSSR count). The van der Waals surface area contributed by atoms with Crippen molar-refractivity contribution in [2.45, 2.75) is 0 Å². The first-order valence-corrected chi connectivity index (χ1v) is 10.2. The van der Waals surface area contributed by atoms with Gasteiger partial charge in [0.2, 0.25) is 0 Å². The van der Waals surface area contributed by atoms with Crippen LogP contribution in [-0.2, 0) is 38.1 Å². The van der Waals surface area contributed by atoms with Crippen LogP contribution >= 0.6 is 43.2 Å². The van der Waals surface area contributed by atoms with E-state index in [9.17, 15) is 19.2 Å². The third-order valence-corrected chi connectivity index (χ3v) is 7.39. The average Bonchev–Trinajstić information content (AvgIpc) is 2.59. The normalized spacial score (nSPS) is 21.2. The number of methoxy groups -OCH3 is 4. The molecule has 0 aliphatic carbocycles. The number of hydrogen-bond donors (Lipinski definition) is 0. The topological polar surface area (TPSA) is 105 Å². The maximum absolute atomic E-state index is 11.9. The van der Waals surface area contributed by atoms with Gasteiger partial charge in [0, 0.05) is 0 Å². The lowest BCUT2D eigenvalue weighted by atomic mass is 10.5. The molecule has 0 N–H and O–H groups in total. The third-order valence-electron chi connectivity index (χ3n) is 2.31. The molecule has 8 nitrogen and oxygen atoms in total. The SMILES string of the molecule is COC(=O)/C1=C(\C(=O)OC)SS/C(C(=O)OC)=C(/C(=O)OC)SS1. The molecule has 24 heavy (non-hydrogen) atoms. The molecule has 132 valence electrons. The van der Waals surface area contributed by atoms with Crippen LogP contribution in [0.4, 0.5) is 0 Å². The summed E-state index contributed by atoms with van der Waals surface area (Å²) in [6.07, 6.45) is 0. The Morgan fingerprint density at radius 3 is 0.792 bits per heavy atom. The maximum Gasteiger partial charge on any atom is 0.346 e. The quantitative estimate of drug-likeness (QED) is 0.382. The highest BCUT2D eigenvalue weighted by Crippen LogP contribution is 2.51. The molecule has 0 spiro atoms. The molecular weight excluding hydrogens is 400 g/mol. The van der Waals surface area contributed by atoms with Gasteiger partial charge >= 0.3 is 23.9 Å². The van der Waals surface area contributed by atoms with Crippen LogP contribution in [0.2, 0.25) is 0 Å². The largest absolute Gasteiger partial charge is 0.465 e. The summed E-state index contributed by atoms with van der Waals surface area (Å²) in [7, 11) is 7.77. The smallest absolute Gasteiger partial charge is 0.346 e. The van der Waals surface area contributed by atoms with Gasteiger partial charge < -0.3 is 18.9 Å². The highest BCUT2D eigenvalue weighted by atomic mass is 33.1. The summed E-state index contributed by atoms with van der Waals surface area (Å²) in [6, 6.07) is 0. The molecule has 0 aromatic heterocycles. The van der Waals surface area contributed by atoms with Crippen molar-refractivity contribution in [2.24, 2.45) is 0 Å². The minimum atomic E-state index is -0.772. The van der Waals surface area contributed by atoms with E-state index in [2.05, 4.69) is 18.9 Å². The van der Waals surface area contributed by atoms with Crippen LogP contribution in [0.5, 0.6) is 0 Å². The van der Waals surface area contributed by atoms with Crippen molar-refractivity contribution >= 4 is 67.1 Å². The van der Waals surface area contributed by atoms with Crippen molar-refractivity contribution < 1.29 is 38.1 Å². The van der Waals surface area contributed by atoms with Crippen LogP contribution in [0.1, 0.15) is 0 Å². The second-order valence-corrected chi connectivity index (χ2v) is 7.92. The van der Waals surface area contributed by atoms with E-state index < -0.39 is 23.9 Å². The monoisotopic (exact) mass is 412 g/mol. The molecule has 0 saturated heterocycles. The van der Waals surface area contributed by atoms with Crippen LogP contribution in [0.3, 0.4) is 0 Å². The molecule has 0 bridgehead atoms. The van der Waals surface area contributed by atoms with Crippen LogP contribution in [0.25, 0.3) is 0 Å². The molecule has 1 aliphatic rings. The van der Waals surface area contributed by atoms with E-state index in [0.717, 1.165) is 71.6 Å². The number of ether oxygens (including phenoxy) is 4.